The van der Waals surface area contributed by atoms with Gasteiger partial charge in [-0.25, -0.2) is 9.78 Å². The van der Waals surface area contributed by atoms with E-state index in [4.69, 9.17) is 5.11 Å². The Bertz CT molecular complexity index is 426. The average Bonchev–Trinajstić information content (AvgIpc) is 2.30. The molecule has 1 aromatic rings. The number of aryl methyl sites for hydroxylation is 1. The Morgan fingerprint density at radius 2 is 2.00 bits per heavy atom. The summed E-state index contributed by atoms with van der Waals surface area (Å²) in [5.41, 5.74) is 1.18. The maximum absolute atomic E-state index is 10.8. The molecule has 1 aliphatic heterocycles. The number of hydrogen-bond donors (Lipinski definition) is 1. The van der Waals surface area contributed by atoms with Crippen LogP contribution < -0.4 is 4.90 Å². The Kier molecular flexibility index (Phi) is 3.28. The predicted octanol–water partition coefficient (Wildman–Crippen LogP) is 0.840. The molecule has 1 N–H and O–H groups in total. The quantitative estimate of drug-likeness (QED) is 0.823. The fourth-order valence-corrected chi connectivity index (χ4v) is 2.03. The largest absolute Gasteiger partial charge is 0.478 e. The normalized spacial score (nSPS) is 17.2. The van der Waals surface area contributed by atoms with E-state index >= 15 is 0 Å². The highest BCUT2D eigenvalue weighted by molar-refractivity contribution is 5.87. The summed E-state index contributed by atoms with van der Waals surface area (Å²) in [5, 5.41) is 8.88. The first-order chi connectivity index (χ1) is 8.08. The van der Waals surface area contributed by atoms with Gasteiger partial charge in [0.2, 0.25) is 0 Å². The van der Waals surface area contributed by atoms with Crippen LogP contribution in [0.15, 0.2) is 12.3 Å². The molecule has 17 heavy (non-hydrogen) atoms. The molecule has 0 radical (unpaired) electrons. The minimum Gasteiger partial charge on any atom is -0.478 e. The number of carboxylic acids is 1. The molecular formula is C12H17N3O2. The fraction of sp³-hybridized carbons (Fsp3) is 0.500. The van der Waals surface area contributed by atoms with E-state index in [2.05, 4.69) is 21.8 Å². The van der Waals surface area contributed by atoms with Gasteiger partial charge in [-0.3, -0.25) is 0 Å². The van der Waals surface area contributed by atoms with Crippen molar-refractivity contribution in [2.24, 2.45) is 0 Å². The monoisotopic (exact) mass is 235 g/mol. The van der Waals surface area contributed by atoms with Crippen molar-refractivity contribution in [2.45, 2.75) is 6.92 Å². The molecular weight excluding hydrogens is 218 g/mol. The second-order valence-corrected chi connectivity index (χ2v) is 4.46. The van der Waals surface area contributed by atoms with Gasteiger partial charge in [0.15, 0.2) is 0 Å². The lowest BCUT2D eigenvalue weighted by atomic mass is 10.2. The lowest BCUT2D eigenvalue weighted by Crippen LogP contribution is -2.45. The van der Waals surface area contributed by atoms with Crippen LogP contribution in [0.4, 0.5) is 5.82 Å². The first-order valence-corrected chi connectivity index (χ1v) is 5.71. The Balaban J connectivity index is 2.19. The summed E-state index contributed by atoms with van der Waals surface area (Å²) < 4.78 is 0. The Morgan fingerprint density at radius 1 is 1.35 bits per heavy atom. The molecule has 0 spiro atoms. The number of rotatable bonds is 2. The molecule has 0 unspecified atom stereocenters. The van der Waals surface area contributed by atoms with E-state index in [-0.39, 0.29) is 5.56 Å². The van der Waals surface area contributed by atoms with E-state index in [0.717, 1.165) is 37.6 Å². The van der Waals surface area contributed by atoms with Crippen molar-refractivity contribution >= 4 is 11.8 Å². The number of nitrogens with zero attached hydrogens (tertiary/aromatic N) is 3. The van der Waals surface area contributed by atoms with E-state index in [1.54, 1.807) is 6.07 Å². The van der Waals surface area contributed by atoms with Gasteiger partial charge in [0.25, 0.3) is 0 Å². The first kappa shape index (κ1) is 11.9. The molecule has 0 amide bonds. The van der Waals surface area contributed by atoms with E-state index in [1.807, 2.05) is 6.92 Å². The number of carbonyl (C=O) groups is 1. The van der Waals surface area contributed by atoms with Crippen molar-refractivity contribution in [3.8, 4) is 0 Å². The predicted molar refractivity (Wildman–Crippen MR) is 65.6 cm³/mol. The highest BCUT2D eigenvalue weighted by atomic mass is 16.4. The van der Waals surface area contributed by atoms with Crippen LogP contribution in [-0.2, 0) is 0 Å². The summed E-state index contributed by atoms with van der Waals surface area (Å²) in [6.45, 7) is 5.82. The van der Waals surface area contributed by atoms with Crippen LogP contribution >= 0.6 is 0 Å². The third-order valence-corrected chi connectivity index (χ3v) is 3.10. The summed E-state index contributed by atoms with van der Waals surface area (Å²) in [6.07, 6.45) is 1.43. The molecule has 92 valence electrons. The molecule has 2 heterocycles. The summed E-state index contributed by atoms with van der Waals surface area (Å²) in [6, 6.07) is 1.68. The second-order valence-electron chi connectivity index (χ2n) is 4.46. The van der Waals surface area contributed by atoms with Gasteiger partial charge in [0.05, 0.1) is 5.56 Å². The zero-order valence-corrected chi connectivity index (χ0v) is 10.2. The lowest BCUT2D eigenvalue weighted by Gasteiger charge is -2.34. The van der Waals surface area contributed by atoms with Crippen LogP contribution in [0.3, 0.4) is 0 Å². The van der Waals surface area contributed by atoms with Crippen LogP contribution in [0.1, 0.15) is 15.9 Å². The molecule has 0 atom stereocenters. The number of pyridine rings is 1. The number of aromatic carboxylic acids is 1. The van der Waals surface area contributed by atoms with E-state index in [9.17, 15) is 4.79 Å². The Morgan fingerprint density at radius 3 is 2.53 bits per heavy atom. The Labute approximate surface area is 101 Å². The molecule has 1 aromatic heterocycles. The molecule has 0 bridgehead atoms. The van der Waals surface area contributed by atoms with Crippen molar-refractivity contribution in [3.63, 3.8) is 0 Å². The maximum atomic E-state index is 10.8. The molecule has 1 fully saturated rings. The first-order valence-electron chi connectivity index (χ1n) is 5.71. The molecule has 5 heteroatoms. The topological polar surface area (TPSA) is 56.7 Å². The van der Waals surface area contributed by atoms with Crippen molar-refractivity contribution < 1.29 is 9.90 Å². The summed E-state index contributed by atoms with van der Waals surface area (Å²) >= 11 is 0. The molecule has 0 aromatic carbocycles. The third kappa shape index (κ3) is 2.55. The number of aromatic nitrogens is 1. The van der Waals surface area contributed by atoms with Gasteiger partial charge in [0, 0.05) is 32.4 Å². The molecule has 1 saturated heterocycles. The fourth-order valence-electron chi connectivity index (χ4n) is 2.03. The molecule has 0 aliphatic carbocycles. The van der Waals surface area contributed by atoms with Gasteiger partial charge < -0.3 is 14.9 Å². The van der Waals surface area contributed by atoms with Gasteiger partial charge in [0.1, 0.15) is 5.82 Å². The second kappa shape index (κ2) is 4.71. The average molecular weight is 235 g/mol. The van der Waals surface area contributed by atoms with Gasteiger partial charge >= 0.3 is 5.97 Å². The van der Waals surface area contributed by atoms with Crippen molar-refractivity contribution in [1.29, 1.82) is 0 Å². The summed E-state index contributed by atoms with van der Waals surface area (Å²) in [4.78, 5) is 19.6. The number of hydrogen-bond acceptors (Lipinski definition) is 4. The van der Waals surface area contributed by atoms with Crippen LogP contribution in [0.5, 0.6) is 0 Å². The molecule has 5 nitrogen and oxygen atoms in total. The molecule has 1 aliphatic rings. The highest BCUT2D eigenvalue weighted by Gasteiger charge is 2.17. The minimum absolute atomic E-state index is 0.250. The number of likely N-dealkylation sites (N-methyl/N-ethyl adjacent to an activating group) is 1. The molecule has 0 saturated carbocycles. The van der Waals surface area contributed by atoms with E-state index < -0.39 is 5.97 Å². The van der Waals surface area contributed by atoms with Crippen molar-refractivity contribution in [1.82, 2.24) is 9.88 Å². The van der Waals surface area contributed by atoms with E-state index in [0.29, 0.717) is 0 Å². The van der Waals surface area contributed by atoms with Gasteiger partial charge in [-0.05, 0) is 25.6 Å². The van der Waals surface area contributed by atoms with Crippen LogP contribution in [0.25, 0.3) is 0 Å². The van der Waals surface area contributed by atoms with Gasteiger partial charge in [-0.15, -0.1) is 0 Å². The lowest BCUT2D eigenvalue weighted by molar-refractivity contribution is 0.0696. The van der Waals surface area contributed by atoms with Crippen molar-refractivity contribution in [3.05, 3.63) is 23.4 Å². The Hall–Kier alpha value is -1.62. The molecule has 2 rings (SSSR count). The maximum Gasteiger partial charge on any atom is 0.337 e. The van der Waals surface area contributed by atoms with Crippen molar-refractivity contribution in [2.75, 3.05) is 38.1 Å². The number of anilines is 1. The standard InChI is InChI=1S/C12H17N3O2/c1-9-7-10(12(16)17)8-13-11(9)15-5-3-14(2)4-6-15/h7-8H,3-6H2,1-2H3,(H,16,17). The summed E-state index contributed by atoms with van der Waals surface area (Å²) in [5.74, 6) is -0.0198. The van der Waals surface area contributed by atoms with Crippen LogP contribution in [0, 0.1) is 6.92 Å². The van der Waals surface area contributed by atoms with Crippen LogP contribution in [0.2, 0.25) is 0 Å². The van der Waals surface area contributed by atoms with E-state index in [1.165, 1.54) is 6.20 Å². The number of carboxylic acid groups (broad SMARTS) is 1. The highest BCUT2D eigenvalue weighted by Crippen LogP contribution is 2.19. The minimum atomic E-state index is -0.925. The van der Waals surface area contributed by atoms with Gasteiger partial charge in [-0.1, -0.05) is 0 Å². The van der Waals surface area contributed by atoms with Gasteiger partial charge in [-0.2, -0.15) is 0 Å². The van der Waals surface area contributed by atoms with Crippen LogP contribution in [-0.4, -0.2) is 54.2 Å². The number of piperazine rings is 1. The zero-order valence-electron chi connectivity index (χ0n) is 10.2. The zero-order chi connectivity index (χ0) is 12.4. The summed E-state index contributed by atoms with van der Waals surface area (Å²) in [7, 11) is 2.10. The SMILES string of the molecule is Cc1cc(C(=O)O)cnc1N1CCN(C)CC1. The smallest absolute Gasteiger partial charge is 0.337 e. The third-order valence-electron chi connectivity index (χ3n) is 3.10.